The Morgan fingerprint density at radius 3 is 2.54 bits per heavy atom. The molecule has 0 bridgehead atoms. The molecule has 0 spiro atoms. The lowest BCUT2D eigenvalue weighted by Gasteiger charge is -2.13. The van der Waals surface area contributed by atoms with Crippen molar-refractivity contribution in [3.05, 3.63) is 35.4 Å². The zero-order valence-corrected chi connectivity index (χ0v) is 13.7. The zero-order valence-electron chi connectivity index (χ0n) is 12.9. The van der Waals surface area contributed by atoms with Crippen LogP contribution in [0.4, 0.5) is 4.79 Å². The Morgan fingerprint density at radius 1 is 1.17 bits per heavy atom. The number of imide groups is 1. The summed E-state index contributed by atoms with van der Waals surface area (Å²) >= 11 is 0.924. The van der Waals surface area contributed by atoms with E-state index in [0.717, 1.165) is 27.8 Å². The second-order valence-electron chi connectivity index (χ2n) is 5.06. The summed E-state index contributed by atoms with van der Waals surface area (Å²) in [6.07, 6.45) is 0. The fourth-order valence-electron chi connectivity index (χ4n) is 2.09. The van der Waals surface area contributed by atoms with Crippen LogP contribution < -0.4 is 16.4 Å². The van der Waals surface area contributed by atoms with E-state index >= 15 is 0 Å². The number of hydrogen-bond donors (Lipinski definition) is 3. The Bertz CT molecular complexity index is 649. The molecule has 4 amide bonds. The maximum atomic E-state index is 11.7. The van der Waals surface area contributed by atoms with Gasteiger partial charge < -0.3 is 16.4 Å². The third-order valence-corrected chi connectivity index (χ3v) is 4.21. The largest absolute Gasteiger partial charge is 0.346 e. The van der Waals surface area contributed by atoms with Crippen LogP contribution in [0.3, 0.4) is 0 Å². The third-order valence-electron chi connectivity index (χ3n) is 3.35. The molecule has 1 saturated heterocycles. The first-order valence-electron chi connectivity index (χ1n) is 7.32. The number of benzene rings is 1. The van der Waals surface area contributed by atoms with E-state index in [-0.39, 0.29) is 36.5 Å². The number of amides is 4. The number of hydrogen-bond acceptors (Lipinski definition) is 6. The minimum absolute atomic E-state index is 0.0347. The first kappa shape index (κ1) is 18.0. The molecule has 1 fully saturated rings. The van der Waals surface area contributed by atoms with Gasteiger partial charge in [-0.1, -0.05) is 36.0 Å². The van der Waals surface area contributed by atoms with Gasteiger partial charge in [0.15, 0.2) is 0 Å². The van der Waals surface area contributed by atoms with Crippen molar-refractivity contribution in [1.82, 2.24) is 15.5 Å². The molecule has 1 aliphatic rings. The molecule has 0 aromatic heterocycles. The zero-order chi connectivity index (χ0) is 17.5. The van der Waals surface area contributed by atoms with Crippen molar-refractivity contribution in [3.63, 3.8) is 0 Å². The van der Waals surface area contributed by atoms with Crippen LogP contribution in [0.25, 0.3) is 0 Å². The van der Waals surface area contributed by atoms with E-state index < -0.39 is 11.8 Å². The van der Waals surface area contributed by atoms with Gasteiger partial charge in [-0.05, 0) is 11.1 Å². The SMILES string of the molecule is NCc1cccc(CNC(=O)C(=O)NCCN2C(=O)CSC2=O)c1. The first-order valence-corrected chi connectivity index (χ1v) is 8.31. The molecule has 8 nitrogen and oxygen atoms in total. The summed E-state index contributed by atoms with van der Waals surface area (Å²) in [6.45, 7) is 0.698. The monoisotopic (exact) mass is 350 g/mol. The van der Waals surface area contributed by atoms with Gasteiger partial charge >= 0.3 is 11.8 Å². The van der Waals surface area contributed by atoms with Gasteiger partial charge in [-0.2, -0.15) is 0 Å². The fraction of sp³-hybridized carbons (Fsp3) is 0.333. The van der Waals surface area contributed by atoms with Gasteiger partial charge in [-0.25, -0.2) is 0 Å². The Morgan fingerprint density at radius 2 is 1.88 bits per heavy atom. The molecule has 0 aliphatic carbocycles. The molecule has 0 radical (unpaired) electrons. The highest BCUT2D eigenvalue weighted by Gasteiger charge is 2.29. The number of nitrogens with two attached hydrogens (primary N) is 1. The van der Waals surface area contributed by atoms with Crippen molar-refractivity contribution in [2.45, 2.75) is 13.1 Å². The second kappa shape index (κ2) is 8.46. The van der Waals surface area contributed by atoms with Crippen LogP contribution in [-0.4, -0.2) is 46.7 Å². The Hall–Kier alpha value is -2.39. The molecule has 1 aromatic carbocycles. The van der Waals surface area contributed by atoms with E-state index in [9.17, 15) is 19.2 Å². The Kier molecular flexibility index (Phi) is 6.33. The van der Waals surface area contributed by atoms with Crippen molar-refractivity contribution in [1.29, 1.82) is 0 Å². The van der Waals surface area contributed by atoms with Gasteiger partial charge in [-0.3, -0.25) is 24.1 Å². The van der Waals surface area contributed by atoms with E-state index in [1.807, 2.05) is 24.3 Å². The molecule has 0 saturated carbocycles. The summed E-state index contributed by atoms with van der Waals surface area (Å²) in [4.78, 5) is 47.2. The highest BCUT2D eigenvalue weighted by molar-refractivity contribution is 8.14. The molecule has 1 aliphatic heterocycles. The molecule has 0 unspecified atom stereocenters. The normalized spacial score (nSPS) is 14.0. The average Bonchev–Trinajstić information content (AvgIpc) is 2.91. The predicted molar refractivity (Wildman–Crippen MR) is 88.8 cm³/mol. The van der Waals surface area contributed by atoms with E-state index in [1.165, 1.54) is 0 Å². The molecule has 128 valence electrons. The van der Waals surface area contributed by atoms with Gasteiger partial charge in [0.1, 0.15) is 0 Å². The van der Waals surface area contributed by atoms with Crippen molar-refractivity contribution in [2.24, 2.45) is 5.73 Å². The lowest BCUT2D eigenvalue weighted by atomic mass is 10.1. The average molecular weight is 350 g/mol. The number of carbonyl (C=O) groups excluding carboxylic acids is 4. The standard InChI is InChI=1S/C15H18N4O4S/c16-7-10-2-1-3-11(6-10)8-18-14(22)13(21)17-4-5-19-12(20)9-24-15(19)23/h1-3,6H,4-5,7-9,16H2,(H,17,21)(H,18,22). The first-order chi connectivity index (χ1) is 11.5. The van der Waals surface area contributed by atoms with Gasteiger partial charge in [-0.15, -0.1) is 0 Å². The second-order valence-corrected chi connectivity index (χ2v) is 5.99. The van der Waals surface area contributed by atoms with Gasteiger partial charge in [0.2, 0.25) is 5.91 Å². The molecule has 0 atom stereocenters. The van der Waals surface area contributed by atoms with Crippen molar-refractivity contribution >= 4 is 34.7 Å². The summed E-state index contributed by atoms with van der Waals surface area (Å²) in [5.41, 5.74) is 7.32. The lowest BCUT2D eigenvalue weighted by molar-refractivity contribution is -0.139. The third kappa shape index (κ3) is 4.80. The molecule has 1 heterocycles. The van der Waals surface area contributed by atoms with Crippen LogP contribution in [0.15, 0.2) is 24.3 Å². The van der Waals surface area contributed by atoms with Crippen LogP contribution in [-0.2, 0) is 27.5 Å². The summed E-state index contributed by atoms with van der Waals surface area (Å²) in [5, 5.41) is 4.55. The maximum absolute atomic E-state index is 11.7. The molecular formula is C15H18N4O4S. The number of thioether (sulfide) groups is 1. The van der Waals surface area contributed by atoms with Gasteiger partial charge in [0.25, 0.3) is 5.24 Å². The molecule has 9 heteroatoms. The highest BCUT2D eigenvalue weighted by Crippen LogP contribution is 2.17. The van der Waals surface area contributed by atoms with Crippen LogP contribution in [0.5, 0.6) is 0 Å². The van der Waals surface area contributed by atoms with Crippen LogP contribution in [0.1, 0.15) is 11.1 Å². The maximum Gasteiger partial charge on any atom is 0.309 e. The van der Waals surface area contributed by atoms with Crippen LogP contribution >= 0.6 is 11.8 Å². The topological polar surface area (TPSA) is 122 Å². The van der Waals surface area contributed by atoms with Gasteiger partial charge in [0, 0.05) is 26.2 Å². The van der Waals surface area contributed by atoms with E-state index in [0.29, 0.717) is 6.54 Å². The summed E-state index contributed by atoms with van der Waals surface area (Å²) in [7, 11) is 0. The fourth-order valence-corrected chi connectivity index (χ4v) is 2.84. The van der Waals surface area contributed by atoms with E-state index in [4.69, 9.17) is 5.73 Å². The summed E-state index contributed by atoms with van der Waals surface area (Å²) in [6, 6.07) is 7.36. The summed E-state index contributed by atoms with van der Waals surface area (Å²) < 4.78 is 0. The quantitative estimate of drug-likeness (QED) is 0.599. The van der Waals surface area contributed by atoms with Crippen molar-refractivity contribution in [3.8, 4) is 0 Å². The minimum Gasteiger partial charge on any atom is -0.346 e. The van der Waals surface area contributed by atoms with Crippen LogP contribution in [0.2, 0.25) is 0 Å². The number of rotatable bonds is 6. The Labute approximate surface area is 143 Å². The lowest BCUT2D eigenvalue weighted by Crippen LogP contribution is -2.43. The smallest absolute Gasteiger partial charge is 0.309 e. The highest BCUT2D eigenvalue weighted by atomic mass is 32.2. The molecular weight excluding hydrogens is 332 g/mol. The van der Waals surface area contributed by atoms with Crippen molar-refractivity contribution < 1.29 is 19.2 Å². The number of nitrogens with one attached hydrogen (secondary N) is 2. The number of nitrogens with zero attached hydrogens (tertiary/aromatic N) is 1. The molecule has 1 aromatic rings. The predicted octanol–water partition coefficient (Wildman–Crippen LogP) is -0.427. The molecule has 24 heavy (non-hydrogen) atoms. The number of carbonyl (C=O) groups is 4. The van der Waals surface area contributed by atoms with Crippen molar-refractivity contribution in [2.75, 3.05) is 18.8 Å². The van der Waals surface area contributed by atoms with E-state index in [2.05, 4.69) is 10.6 Å². The van der Waals surface area contributed by atoms with E-state index in [1.54, 1.807) is 0 Å². The Balaban J connectivity index is 1.73. The molecule has 2 rings (SSSR count). The van der Waals surface area contributed by atoms with Gasteiger partial charge in [0.05, 0.1) is 5.75 Å². The minimum atomic E-state index is -0.809. The van der Waals surface area contributed by atoms with Crippen LogP contribution in [0, 0.1) is 0 Å². The molecule has 4 N–H and O–H groups in total. The summed E-state index contributed by atoms with van der Waals surface area (Å²) in [5.74, 6) is -1.75.